The van der Waals surface area contributed by atoms with E-state index < -0.39 is 10.0 Å². The molecule has 0 saturated heterocycles. The van der Waals surface area contributed by atoms with Crippen LogP contribution in [-0.2, 0) is 21.3 Å². The molecule has 1 amide bonds. The van der Waals surface area contributed by atoms with Crippen LogP contribution in [0.1, 0.15) is 29.8 Å². The predicted molar refractivity (Wildman–Crippen MR) is 105 cm³/mol. The van der Waals surface area contributed by atoms with Crippen molar-refractivity contribution in [2.45, 2.75) is 31.3 Å². The van der Waals surface area contributed by atoms with E-state index in [0.717, 1.165) is 5.56 Å². The number of ether oxygens (including phenoxy) is 1. The van der Waals surface area contributed by atoms with Crippen LogP contribution in [0.5, 0.6) is 0 Å². The van der Waals surface area contributed by atoms with Crippen LogP contribution in [0.3, 0.4) is 0 Å². The summed E-state index contributed by atoms with van der Waals surface area (Å²) in [4.78, 5) is 12.3. The molecule has 2 rings (SSSR count). The maximum absolute atomic E-state index is 13.2. The highest BCUT2D eigenvalue weighted by atomic mass is 32.2. The molecule has 0 heterocycles. The van der Waals surface area contributed by atoms with Crippen molar-refractivity contribution in [1.82, 2.24) is 9.62 Å². The number of hydrogen-bond donors (Lipinski definition) is 1. The van der Waals surface area contributed by atoms with E-state index in [9.17, 15) is 13.2 Å². The Morgan fingerprint density at radius 3 is 2.44 bits per heavy atom. The third-order valence-corrected chi connectivity index (χ3v) is 6.07. The Balaban J connectivity index is 2.27. The number of benzene rings is 2. The largest absolute Gasteiger partial charge is 0.383 e. The molecule has 0 bridgehead atoms. The molecular weight excluding hydrogens is 364 g/mol. The van der Waals surface area contributed by atoms with Gasteiger partial charge in [-0.05, 0) is 37.6 Å². The van der Waals surface area contributed by atoms with Crippen molar-refractivity contribution in [2.24, 2.45) is 0 Å². The standard InChI is InChI=1S/C20H26N2O4S/c1-16(2)22(15-17-8-5-4-6-9-17)27(24,25)19-11-7-10-18(14-19)20(23)21-12-13-26-3/h4-11,14,16H,12-13,15H2,1-3H3,(H,21,23). The average molecular weight is 391 g/mol. The zero-order valence-electron chi connectivity index (χ0n) is 15.9. The second-order valence-electron chi connectivity index (χ2n) is 6.41. The Bertz CT molecular complexity index is 851. The summed E-state index contributed by atoms with van der Waals surface area (Å²) >= 11 is 0. The van der Waals surface area contributed by atoms with Gasteiger partial charge < -0.3 is 10.1 Å². The topological polar surface area (TPSA) is 75.7 Å². The fraction of sp³-hybridized carbons (Fsp3) is 0.350. The smallest absolute Gasteiger partial charge is 0.251 e. The van der Waals surface area contributed by atoms with Crippen LogP contribution in [-0.4, -0.2) is 44.9 Å². The highest BCUT2D eigenvalue weighted by molar-refractivity contribution is 7.89. The van der Waals surface area contributed by atoms with Crippen LogP contribution in [0.15, 0.2) is 59.5 Å². The number of sulfonamides is 1. The van der Waals surface area contributed by atoms with Crippen molar-refractivity contribution in [3.05, 3.63) is 65.7 Å². The maximum Gasteiger partial charge on any atom is 0.251 e. The lowest BCUT2D eigenvalue weighted by atomic mass is 10.2. The predicted octanol–water partition coefficient (Wildman–Crippen LogP) is 2.66. The molecule has 0 aromatic heterocycles. The van der Waals surface area contributed by atoms with E-state index in [0.29, 0.717) is 18.7 Å². The molecule has 0 spiro atoms. The van der Waals surface area contributed by atoms with Crippen LogP contribution < -0.4 is 5.32 Å². The van der Waals surface area contributed by atoms with Crippen molar-refractivity contribution >= 4 is 15.9 Å². The molecule has 146 valence electrons. The van der Waals surface area contributed by atoms with Gasteiger partial charge in [-0.3, -0.25) is 4.79 Å². The summed E-state index contributed by atoms with van der Waals surface area (Å²) in [6, 6.07) is 15.3. The molecule has 7 heteroatoms. The normalized spacial score (nSPS) is 11.7. The first kappa shape index (κ1) is 21.1. The number of carbonyl (C=O) groups is 1. The Morgan fingerprint density at radius 2 is 1.81 bits per heavy atom. The summed E-state index contributed by atoms with van der Waals surface area (Å²) < 4.78 is 32.7. The van der Waals surface area contributed by atoms with Crippen molar-refractivity contribution in [3.8, 4) is 0 Å². The average Bonchev–Trinajstić information content (AvgIpc) is 2.66. The van der Waals surface area contributed by atoms with Gasteiger partial charge in [-0.1, -0.05) is 36.4 Å². The number of methoxy groups -OCH3 is 1. The minimum absolute atomic E-state index is 0.103. The Kier molecular flexibility index (Phi) is 7.53. The van der Waals surface area contributed by atoms with Crippen LogP contribution in [0.25, 0.3) is 0 Å². The highest BCUT2D eigenvalue weighted by Crippen LogP contribution is 2.22. The van der Waals surface area contributed by atoms with Gasteiger partial charge in [0, 0.05) is 31.8 Å². The van der Waals surface area contributed by atoms with Gasteiger partial charge in [-0.15, -0.1) is 0 Å². The molecule has 0 fully saturated rings. The number of rotatable bonds is 9. The summed E-state index contributed by atoms with van der Waals surface area (Å²) in [6.45, 7) is 4.69. The summed E-state index contributed by atoms with van der Waals surface area (Å²) in [5, 5.41) is 2.70. The molecule has 1 N–H and O–H groups in total. The zero-order chi connectivity index (χ0) is 19.9. The molecule has 0 saturated carbocycles. The summed E-state index contributed by atoms with van der Waals surface area (Å²) in [5.74, 6) is -0.330. The molecule has 0 unspecified atom stereocenters. The SMILES string of the molecule is COCCNC(=O)c1cccc(S(=O)(=O)N(Cc2ccccc2)C(C)C)c1. The van der Waals surface area contributed by atoms with E-state index in [1.165, 1.54) is 16.4 Å². The summed E-state index contributed by atoms with van der Waals surface area (Å²) in [6.07, 6.45) is 0. The molecule has 0 aliphatic heterocycles. The van der Waals surface area contributed by atoms with Gasteiger partial charge in [0.2, 0.25) is 10.0 Å². The second kappa shape index (κ2) is 9.64. The molecule has 0 aliphatic rings. The lowest BCUT2D eigenvalue weighted by Crippen LogP contribution is -2.36. The molecular formula is C20H26N2O4S. The molecule has 2 aromatic carbocycles. The third kappa shape index (κ3) is 5.63. The van der Waals surface area contributed by atoms with Crippen molar-refractivity contribution in [3.63, 3.8) is 0 Å². The van der Waals surface area contributed by atoms with Gasteiger partial charge in [0.15, 0.2) is 0 Å². The van der Waals surface area contributed by atoms with Gasteiger partial charge in [-0.25, -0.2) is 8.42 Å². The Hall–Kier alpha value is -2.22. The number of amides is 1. The van der Waals surface area contributed by atoms with E-state index in [1.807, 2.05) is 44.2 Å². The monoisotopic (exact) mass is 390 g/mol. The van der Waals surface area contributed by atoms with E-state index in [1.54, 1.807) is 19.2 Å². The van der Waals surface area contributed by atoms with Crippen molar-refractivity contribution in [1.29, 1.82) is 0 Å². The molecule has 0 aliphatic carbocycles. The van der Waals surface area contributed by atoms with E-state index >= 15 is 0 Å². The summed E-state index contributed by atoms with van der Waals surface area (Å²) in [5.41, 5.74) is 1.21. The van der Waals surface area contributed by atoms with Crippen LogP contribution in [0, 0.1) is 0 Å². The minimum Gasteiger partial charge on any atom is -0.383 e. The fourth-order valence-corrected chi connectivity index (χ4v) is 4.28. The van der Waals surface area contributed by atoms with Gasteiger partial charge in [0.1, 0.15) is 0 Å². The first-order valence-electron chi connectivity index (χ1n) is 8.79. The number of nitrogens with zero attached hydrogens (tertiary/aromatic N) is 1. The van der Waals surface area contributed by atoms with Crippen LogP contribution >= 0.6 is 0 Å². The number of nitrogens with one attached hydrogen (secondary N) is 1. The maximum atomic E-state index is 13.2. The second-order valence-corrected chi connectivity index (χ2v) is 8.30. The molecule has 27 heavy (non-hydrogen) atoms. The third-order valence-electron chi connectivity index (χ3n) is 4.05. The lowest BCUT2D eigenvalue weighted by Gasteiger charge is -2.26. The van der Waals surface area contributed by atoms with Gasteiger partial charge in [-0.2, -0.15) is 4.31 Å². The Labute approximate surface area is 161 Å². The lowest BCUT2D eigenvalue weighted by molar-refractivity contribution is 0.0937. The molecule has 6 nitrogen and oxygen atoms in total. The first-order chi connectivity index (χ1) is 12.9. The van der Waals surface area contributed by atoms with Crippen LogP contribution in [0.2, 0.25) is 0 Å². The number of carbonyl (C=O) groups excluding carboxylic acids is 1. The van der Waals surface area contributed by atoms with E-state index in [4.69, 9.17) is 4.74 Å². The van der Waals surface area contributed by atoms with E-state index in [-0.39, 0.29) is 23.4 Å². The summed E-state index contributed by atoms with van der Waals surface area (Å²) in [7, 11) is -2.20. The molecule has 2 aromatic rings. The number of hydrogen-bond acceptors (Lipinski definition) is 4. The molecule has 0 radical (unpaired) electrons. The zero-order valence-corrected chi connectivity index (χ0v) is 16.7. The van der Waals surface area contributed by atoms with Gasteiger partial charge in [0.25, 0.3) is 5.91 Å². The van der Waals surface area contributed by atoms with Gasteiger partial charge in [0.05, 0.1) is 11.5 Å². The molecule has 0 atom stereocenters. The van der Waals surface area contributed by atoms with Gasteiger partial charge >= 0.3 is 0 Å². The fourth-order valence-electron chi connectivity index (χ4n) is 2.61. The minimum atomic E-state index is -3.75. The quantitative estimate of drug-likeness (QED) is 0.668. The van der Waals surface area contributed by atoms with Crippen molar-refractivity contribution < 1.29 is 17.9 Å². The van der Waals surface area contributed by atoms with Crippen molar-refractivity contribution in [2.75, 3.05) is 20.3 Å². The Morgan fingerprint density at radius 1 is 1.11 bits per heavy atom. The first-order valence-corrected chi connectivity index (χ1v) is 10.2. The highest BCUT2D eigenvalue weighted by Gasteiger charge is 2.27. The van der Waals surface area contributed by atoms with Crippen LogP contribution in [0.4, 0.5) is 0 Å². The van der Waals surface area contributed by atoms with E-state index in [2.05, 4.69) is 5.32 Å².